The fraction of sp³-hybridized carbons (Fsp3) is 0.577. The van der Waals surface area contributed by atoms with Gasteiger partial charge in [-0.05, 0) is 61.8 Å². The number of carbonyl (C=O) groups excluding carboxylic acids is 3. The summed E-state index contributed by atoms with van der Waals surface area (Å²) in [6.45, 7) is 11.9. The highest BCUT2D eigenvalue weighted by Gasteiger charge is 2.33. The van der Waals surface area contributed by atoms with E-state index in [9.17, 15) is 14.4 Å². The van der Waals surface area contributed by atoms with Gasteiger partial charge in [0, 0.05) is 5.57 Å². The van der Waals surface area contributed by atoms with Crippen molar-refractivity contribution >= 4 is 18.1 Å². The van der Waals surface area contributed by atoms with Crippen molar-refractivity contribution in [3.63, 3.8) is 0 Å². The van der Waals surface area contributed by atoms with Crippen LogP contribution in [-0.2, 0) is 23.7 Å². The Hall–Kier alpha value is -2.87. The van der Waals surface area contributed by atoms with Crippen LogP contribution < -0.4 is 4.74 Å². The minimum atomic E-state index is -0.886. The SMILES string of the molecule is C=C(C)C(=O)OCCOCCOC(=O)Oc1ccc(C(=O)OC2CC(C)CCC2C(C)C)cc1. The highest BCUT2D eigenvalue weighted by molar-refractivity contribution is 5.89. The maximum absolute atomic E-state index is 12.6. The molecule has 8 nitrogen and oxygen atoms in total. The monoisotopic (exact) mass is 476 g/mol. The van der Waals surface area contributed by atoms with Gasteiger partial charge >= 0.3 is 18.1 Å². The first kappa shape index (κ1) is 27.4. The van der Waals surface area contributed by atoms with E-state index in [4.69, 9.17) is 23.7 Å². The van der Waals surface area contributed by atoms with E-state index in [2.05, 4.69) is 27.4 Å². The number of hydrogen-bond acceptors (Lipinski definition) is 8. The average Bonchev–Trinajstić information content (AvgIpc) is 2.78. The smallest absolute Gasteiger partial charge is 0.460 e. The number of hydrogen-bond donors (Lipinski definition) is 0. The van der Waals surface area contributed by atoms with Crippen LogP contribution >= 0.6 is 0 Å². The number of rotatable bonds is 11. The van der Waals surface area contributed by atoms with E-state index in [1.807, 2.05) is 0 Å². The maximum atomic E-state index is 12.6. The van der Waals surface area contributed by atoms with Crippen molar-refractivity contribution in [3.8, 4) is 5.75 Å². The van der Waals surface area contributed by atoms with E-state index >= 15 is 0 Å². The third-order valence-corrected chi connectivity index (χ3v) is 5.77. The summed E-state index contributed by atoms with van der Waals surface area (Å²) in [6, 6.07) is 6.18. The normalized spacial score (nSPS) is 19.9. The summed E-state index contributed by atoms with van der Waals surface area (Å²) in [6.07, 6.45) is 2.14. The number of ether oxygens (including phenoxy) is 5. The largest absolute Gasteiger partial charge is 0.513 e. The van der Waals surface area contributed by atoms with Gasteiger partial charge in [-0.25, -0.2) is 14.4 Å². The van der Waals surface area contributed by atoms with Gasteiger partial charge in [0.25, 0.3) is 0 Å². The summed E-state index contributed by atoms with van der Waals surface area (Å²) < 4.78 is 26.0. The lowest BCUT2D eigenvalue weighted by atomic mass is 9.75. The van der Waals surface area contributed by atoms with E-state index in [1.54, 1.807) is 19.1 Å². The van der Waals surface area contributed by atoms with E-state index < -0.39 is 12.1 Å². The van der Waals surface area contributed by atoms with Crippen molar-refractivity contribution in [1.82, 2.24) is 0 Å². The van der Waals surface area contributed by atoms with Crippen LogP contribution in [0.15, 0.2) is 36.4 Å². The molecule has 0 spiro atoms. The van der Waals surface area contributed by atoms with Crippen LogP contribution in [0.4, 0.5) is 4.79 Å². The summed E-state index contributed by atoms with van der Waals surface area (Å²) in [4.78, 5) is 35.7. The molecule has 0 heterocycles. The molecule has 0 bridgehead atoms. The number of carbonyl (C=O) groups is 3. The standard InChI is InChI=1S/C26H36O8/c1-17(2)22-11-6-19(5)16-23(22)34-25(28)20-7-9-21(10-8-20)33-26(29)32-15-13-30-12-14-31-24(27)18(3)4/h7-10,17,19,22-23H,3,6,11-16H2,1-2,4-5H3. The molecular weight excluding hydrogens is 440 g/mol. The van der Waals surface area contributed by atoms with Crippen LogP contribution in [0.5, 0.6) is 5.75 Å². The molecule has 0 aromatic heterocycles. The third kappa shape index (κ3) is 9.17. The highest BCUT2D eigenvalue weighted by atomic mass is 16.7. The Morgan fingerprint density at radius 2 is 1.65 bits per heavy atom. The Bertz CT molecular complexity index is 830. The molecule has 1 aliphatic rings. The van der Waals surface area contributed by atoms with Crippen LogP contribution in [0.25, 0.3) is 0 Å². The fourth-order valence-corrected chi connectivity index (χ4v) is 3.84. The lowest BCUT2D eigenvalue weighted by Gasteiger charge is -2.36. The zero-order valence-electron chi connectivity index (χ0n) is 20.5. The molecule has 1 aromatic carbocycles. The van der Waals surface area contributed by atoms with Crippen LogP contribution in [0, 0.1) is 17.8 Å². The Labute approximate surface area is 201 Å². The molecule has 2 rings (SSSR count). The molecular formula is C26H36O8. The third-order valence-electron chi connectivity index (χ3n) is 5.77. The minimum Gasteiger partial charge on any atom is -0.460 e. The molecule has 1 fully saturated rings. The quantitative estimate of drug-likeness (QED) is 0.145. The Morgan fingerprint density at radius 1 is 1.00 bits per heavy atom. The van der Waals surface area contributed by atoms with Gasteiger partial charge in [-0.15, -0.1) is 0 Å². The van der Waals surface area contributed by atoms with Crippen LogP contribution in [0.3, 0.4) is 0 Å². The first-order chi connectivity index (χ1) is 16.2. The molecule has 0 radical (unpaired) electrons. The summed E-state index contributed by atoms with van der Waals surface area (Å²) in [5, 5.41) is 0. The number of benzene rings is 1. The van der Waals surface area contributed by atoms with Gasteiger partial charge in [0.05, 0.1) is 18.8 Å². The van der Waals surface area contributed by atoms with Gasteiger partial charge in [-0.2, -0.15) is 0 Å². The maximum Gasteiger partial charge on any atom is 0.513 e. The lowest BCUT2D eigenvalue weighted by molar-refractivity contribution is -0.140. The zero-order chi connectivity index (χ0) is 25.1. The van der Waals surface area contributed by atoms with Gasteiger partial charge in [0.2, 0.25) is 0 Å². The van der Waals surface area contributed by atoms with Crippen molar-refractivity contribution in [2.75, 3.05) is 26.4 Å². The molecule has 34 heavy (non-hydrogen) atoms. The van der Waals surface area contributed by atoms with E-state index in [0.29, 0.717) is 28.9 Å². The van der Waals surface area contributed by atoms with Gasteiger partial charge < -0.3 is 23.7 Å². The Balaban J connectivity index is 1.70. The molecule has 1 aromatic rings. The first-order valence-corrected chi connectivity index (χ1v) is 11.7. The summed E-state index contributed by atoms with van der Waals surface area (Å²) in [5.41, 5.74) is 0.719. The molecule has 8 heteroatoms. The molecule has 0 saturated heterocycles. The highest BCUT2D eigenvalue weighted by Crippen LogP contribution is 2.35. The van der Waals surface area contributed by atoms with E-state index in [1.165, 1.54) is 12.1 Å². The summed E-state index contributed by atoms with van der Waals surface area (Å²) in [7, 11) is 0. The zero-order valence-corrected chi connectivity index (χ0v) is 20.5. The molecule has 1 aliphatic carbocycles. The van der Waals surface area contributed by atoms with Crippen molar-refractivity contribution in [2.45, 2.75) is 53.1 Å². The summed E-state index contributed by atoms with van der Waals surface area (Å²) in [5.74, 6) is 0.764. The van der Waals surface area contributed by atoms with Gasteiger partial charge in [-0.3, -0.25) is 0 Å². The first-order valence-electron chi connectivity index (χ1n) is 11.7. The van der Waals surface area contributed by atoms with Gasteiger partial charge in [-0.1, -0.05) is 33.8 Å². The molecule has 0 N–H and O–H groups in total. The van der Waals surface area contributed by atoms with Crippen LogP contribution in [0.2, 0.25) is 0 Å². The Morgan fingerprint density at radius 3 is 2.26 bits per heavy atom. The molecule has 3 atom stereocenters. The van der Waals surface area contributed by atoms with Crippen molar-refractivity contribution in [1.29, 1.82) is 0 Å². The second-order valence-electron chi connectivity index (χ2n) is 9.02. The predicted molar refractivity (Wildman–Crippen MR) is 126 cm³/mol. The fourth-order valence-electron chi connectivity index (χ4n) is 3.84. The van der Waals surface area contributed by atoms with Crippen molar-refractivity contribution in [2.24, 2.45) is 17.8 Å². The molecule has 0 aliphatic heterocycles. The minimum absolute atomic E-state index is 0.0193. The summed E-state index contributed by atoms with van der Waals surface area (Å²) >= 11 is 0. The van der Waals surface area contributed by atoms with Gasteiger partial charge in [0.1, 0.15) is 25.1 Å². The second-order valence-corrected chi connectivity index (χ2v) is 9.02. The van der Waals surface area contributed by atoms with Crippen LogP contribution in [-0.4, -0.2) is 50.6 Å². The lowest BCUT2D eigenvalue weighted by Crippen LogP contribution is -2.35. The average molecular weight is 477 g/mol. The Kier molecular flexibility index (Phi) is 11.1. The van der Waals surface area contributed by atoms with Crippen LogP contribution in [0.1, 0.15) is 57.3 Å². The molecule has 3 unspecified atom stereocenters. The molecule has 188 valence electrons. The predicted octanol–water partition coefficient (Wildman–Crippen LogP) is 4.96. The van der Waals surface area contributed by atoms with Gasteiger partial charge in [0.15, 0.2) is 0 Å². The van der Waals surface area contributed by atoms with Crippen molar-refractivity contribution in [3.05, 3.63) is 42.0 Å². The van der Waals surface area contributed by atoms with E-state index in [0.717, 1.165) is 19.3 Å². The molecule has 0 amide bonds. The van der Waals surface area contributed by atoms with E-state index in [-0.39, 0.29) is 44.3 Å². The second kappa shape index (κ2) is 13.7. The number of esters is 2. The topological polar surface area (TPSA) is 97.4 Å². The molecule has 1 saturated carbocycles. The van der Waals surface area contributed by atoms with Crippen molar-refractivity contribution < 1.29 is 38.1 Å².